The molecule has 3 aromatic rings. The summed E-state index contributed by atoms with van der Waals surface area (Å²) in [4.78, 5) is 22.2. The Labute approximate surface area is 139 Å². The highest BCUT2D eigenvalue weighted by Gasteiger charge is 2.24. The predicted molar refractivity (Wildman–Crippen MR) is 92.0 cm³/mol. The molecule has 0 bridgehead atoms. The van der Waals surface area contributed by atoms with Crippen molar-refractivity contribution in [3.63, 3.8) is 0 Å². The van der Waals surface area contributed by atoms with Crippen molar-refractivity contribution >= 4 is 22.6 Å². The monoisotopic (exact) mass is 324 g/mol. The van der Waals surface area contributed by atoms with Crippen LogP contribution in [-0.2, 0) is 4.79 Å². The second kappa shape index (κ2) is 5.47. The number of hydrogen-bond acceptors (Lipinski definition) is 4. The molecule has 1 N–H and O–H groups in total. The second-order valence-corrected chi connectivity index (χ2v) is 6.42. The van der Waals surface area contributed by atoms with E-state index in [0.717, 1.165) is 64.5 Å². The number of H-pyrrole nitrogens is 1. The van der Waals surface area contributed by atoms with Gasteiger partial charge in [-0.15, -0.1) is 0 Å². The number of amides is 1. The maximum Gasteiger partial charge on any atom is 0.227 e. The summed E-state index contributed by atoms with van der Waals surface area (Å²) in [7, 11) is 0. The lowest BCUT2D eigenvalue weighted by Gasteiger charge is -2.27. The number of piperidine rings is 1. The minimum Gasteiger partial charge on any atom is -0.361 e. The molecule has 0 spiro atoms. The molecule has 24 heavy (non-hydrogen) atoms. The van der Waals surface area contributed by atoms with Gasteiger partial charge in [-0.05, 0) is 51.3 Å². The number of aromatic nitrogens is 3. The maximum absolute atomic E-state index is 12.4. The average molecular weight is 324 g/mol. The summed E-state index contributed by atoms with van der Waals surface area (Å²) in [5, 5.41) is 4.05. The van der Waals surface area contributed by atoms with Gasteiger partial charge in [0.1, 0.15) is 17.1 Å². The van der Waals surface area contributed by atoms with Crippen LogP contribution < -0.4 is 4.90 Å². The molecule has 1 aliphatic heterocycles. The SMILES string of the molecule is Cc1nc2c(N3CCCCC3=O)cc(-c3c(C)noc3C)cc2[nH]1. The van der Waals surface area contributed by atoms with Crippen LogP contribution in [0.15, 0.2) is 16.7 Å². The molecular weight excluding hydrogens is 304 g/mol. The molecule has 0 saturated carbocycles. The zero-order chi connectivity index (χ0) is 16.8. The largest absolute Gasteiger partial charge is 0.361 e. The summed E-state index contributed by atoms with van der Waals surface area (Å²) in [5.74, 6) is 1.78. The fraction of sp³-hybridized carbons (Fsp3) is 0.389. The molecule has 2 aromatic heterocycles. The van der Waals surface area contributed by atoms with E-state index in [1.54, 1.807) is 0 Å². The number of carbonyl (C=O) groups excluding carboxylic acids is 1. The minimum absolute atomic E-state index is 0.166. The third-order valence-corrected chi connectivity index (χ3v) is 4.62. The van der Waals surface area contributed by atoms with Crippen LogP contribution in [0.5, 0.6) is 0 Å². The molecule has 3 heterocycles. The summed E-state index contributed by atoms with van der Waals surface area (Å²) < 4.78 is 5.32. The van der Waals surface area contributed by atoms with Crippen LogP contribution in [0.2, 0.25) is 0 Å². The molecular formula is C18H20N4O2. The summed E-state index contributed by atoms with van der Waals surface area (Å²) in [5.41, 5.74) is 5.47. The molecule has 6 heteroatoms. The third-order valence-electron chi connectivity index (χ3n) is 4.62. The van der Waals surface area contributed by atoms with E-state index in [4.69, 9.17) is 4.52 Å². The van der Waals surface area contributed by atoms with Crippen LogP contribution in [0.25, 0.3) is 22.2 Å². The van der Waals surface area contributed by atoms with Gasteiger partial charge in [-0.3, -0.25) is 4.79 Å². The van der Waals surface area contributed by atoms with Gasteiger partial charge >= 0.3 is 0 Å². The Balaban J connectivity index is 1.96. The molecule has 4 rings (SSSR count). The van der Waals surface area contributed by atoms with Crippen molar-refractivity contribution in [3.8, 4) is 11.1 Å². The molecule has 6 nitrogen and oxygen atoms in total. The normalized spacial score (nSPS) is 15.5. The number of nitrogens with one attached hydrogen (secondary N) is 1. The summed E-state index contributed by atoms with van der Waals surface area (Å²) in [6.45, 7) is 6.51. The average Bonchev–Trinajstić information content (AvgIpc) is 3.08. The van der Waals surface area contributed by atoms with Crippen molar-refractivity contribution in [3.05, 3.63) is 29.4 Å². The first-order valence-electron chi connectivity index (χ1n) is 8.28. The molecule has 124 valence electrons. The number of benzene rings is 1. The Morgan fingerprint density at radius 1 is 1.21 bits per heavy atom. The van der Waals surface area contributed by atoms with Gasteiger partial charge in [-0.2, -0.15) is 0 Å². The lowest BCUT2D eigenvalue weighted by Crippen LogP contribution is -2.35. The van der Waals surface area contributed by atoms with E-state index in [-0.39, 0.29) is 5.91 Å². The second-order valence-electron chi connectivity index (χ2n) is 6.42. The number of nitrogens with zero attached hydrogens (tertiary/aromatic N) is 3. The van der Waals surface area contributed by atoms with Crippen molar-refractivity contribution in [2.75, 3.05) is 11.4 Å². The van der Waals surface area contributed by atoms with Crippen LogP contribution in [-0.4, -0.2) is 27.6 Å². The van der Waals surface area contributed by atoms with Crippen molar-refractivity contribution in [2.45, 2.75) is 40.0 Å². The standard InChI is InChI=1S/C18H20N4O2/c1-10-17(11(2)24-21-10)13-8-14-18(20-12(3)19-14)15(9-13)22-7-5-4-6-16(22)23/h8-9H,4-7H2,1-3H3,(H,19,20). The maximum atomic E-state index is 12.4. The zero-order valence-electron chi connectivity index (χ0n) is 14.1. The predicted octanol–water partition coefficient (Wildman–Crippen LogP) is 3.66. The minimum atomic E-state index is 0.166. The molecule has 1 fully saturated rings. The van der Waals surface area contributed by atoms with Crippen molar-refractivity contribution in [1.82, 2.24) is 15.1 Å². The van der Waals surface area contributed by atoms with Crippen LogP contribution in [0.4, 0.5) is 5.69 Å². The van der Waals surface area contributed by atoms with Crippen LogP contribution in [0.3, 0.4) is 0 Å². The first-order valence-corrected chi connectivity index (χ1v) is 8.28. The van der Waals surface area contributed by atoms with Gasteiger partial charge in [0.05, 0.1) is 16.9 Å². The van der Waals surface area contributed by atoms with E-state index in [9.17, 15) is 4.79 Å². The van der Waals surface area contributed by atoms with Gasteiger partial charge in [-0.25, -0.2) is 4.98 Å². The number of carbonyl (C=O) groups is 1. The van der Waals surface area contributed by atoms with Gasteiger partial charge in [0.15, 0.2) is 0 Å². The molecule has 0 radical (unpaired) electrons. The first-order chi connectivity index (χ1) is 11.5. The van der Waals surface area contributed by atoms with Gasteiger partial charge in [0.2, 0.25) is 5.91 Å². The van der Waals surface area contributed by atoms with E-state index >= 15 is 0 Å². The highest BCUT2D eigenvalue weighted by atomic mass is 16.5. The van der Waals surface area contributed by atoms with Gasteiger partial charge in [0.25, 0.3) is 0 Å². The first kappa shape index (κ1) is 14.9. The number of aromatic amines is 1. The topological polar surface area (TPSA) is 75.0 Å². The quantitative estimate of drug-likeness (QED) is 0.780. The smallest absolute Gasteiger partial charge is 0.227 e. The Morgan fingerprint density at radius 2 is 2.04 bits per heavy atom. The Hall–Kier alpha value is -2.63. The van der Waals surface area contributed by atoms with E-state index in [2.05, 4.69) is 21.2 Å². The molecule has 0 atom stereocenters. The van der Waals surface area contributed by atoms with E-state index in [1.165, 1.54) is 0 Å². The Bertz CT molecular complexity index is 919. The number of imidazole rings is 1. The van der Waals surface area contributed by atoms with Crippen LogP contribution in [0, 0.1) is 20.8 Å². The van der Waals surface area contributed by atoms with Crippen LogP contribution in [0.1, 0.15) is 36.5 Å². The van der Waals surface area contributed by atoms with Gasteiger partial charge in [0, 0.05) is 18.5 Å². The fourth-order valence-electron chi connectivity index (χ4n) is 3.53. The van der Waals surface area contributed by atoms with E-state index < -0.39 is 0 Å². The molecule has 1 saturated heterocycles. The van der Waals surface area contributed by atoms with Crippen molar-refractivity contribution in [2.24, 2.45) is 0 Å². The van der Waals surface area contributed by atoms with E-state index in [1.807, 2.05) is 31.7 Å². The molecule has 1 amide bonds. The van der Waals surface area contributed by atoms with E-state index in [0.29, 0.717) is 6.42 Å². The number of rotatable bonds is 2. The molecule has 1 aromatic carbocycles. The van der Waals surface area contributed by atoms with Crippen molar-refractivity contribution in [1.29, 1.82) is 0 Å². The number of fused-ring (bicyclic) bond motifs is 1. The number of aryl methyl sites for hydroxylation is 3. The summed E-state index contributed by atoms with van der Waals surface area (Å²) in [6.07, 6.45) is 2.58. The highest BCUT2D eigenvalue weighted by Crippen LogP contribution is 2.36. The molecule has 0 aliphatic carbocycles. The Morgan fingerprint density at radius 3 is 2.75 bits per heavy atom. The summed E-state index contributed by atoms with van der Waals surface area (Å²) in [6, 6.07) is 4.10. The highest BCUT2D eigenvalue weighted by molar-refractivity contribution is 6.03. The van der Waals surface area contributed by atoms with Crippen LogP contribution >= 0.6 is 0 Å². The fourth-order valence-corrected chi connectivity index (χ4v) is 3.53. The lowest BCUT2D eigenvalue weighted by atomic mass is 10.0. The van der Waals surface area contributed by atoms with Crippen molar-refractivity contribution < 1.29 is 9.32 Å². The third kappa shape index (κ3) is 2.29. The lowest BCUT2D eigenvalue weighted by molar-refractivity contribution is -0.119. The zero-order valence-corrected chi connectivity index (χ0v) is 14.1. The van der Waals surface area contributed by atoms with Gasteiger partial charge in [-0.1, -0.05) is 5.16 Å². The molecule has 0 unspecified atom stereocenters. The van der Waals surface area contributed by atoms with Gasteiger partial charge < -0.3 is 14.4 Å². The number of hydrogen-bond donors (Lipinski definition) is 1. The number of anilines is 1. The summed E-state index contributed by atoms with van der Waals surface area (Å²) >= 11 is 0. The Kier molecular flexibility index (Phi) is 3.40. The molecule has 1 aliphatic rings.